The van der Waals surface area contributed by atoms with Gasteiger partial charge in [-0.2, -0.15) is 17.9 Å². The highest BCUT2D eigenvalue weighted by atomic mass is 32.2. The number of alkyl halides is 3. The molecule has 7 nitrogen and oxygen atoms in total. The first-order chi connectivity index (χ1) is 15.0. The fraction of sp³-hybridized carbons (Fsp3) is 0.500. The predicted octanol–water partition coefficient (Wildman–Crippen LogP) is 3.70. The molecule has 32 heavy (non-hydrogen) atoms. The smallest absolute Gasteiger partial charge is 0.301 e. The van der Waals surface area contributed by atoms with Gasteiger partial charge in [-0.25, -0.2) is 13.4 Å². The number of carbonyl (C=O) groups is 1. The highest BCUT2D eigenvalue weighted by Gasteiger charge is 2.37. The number of carbonyl (C=O) groups excluding carboxylic acids is 1. The number of aromatic nitrogens is 1. The highest BCUT2D eigenvalue weighted by Crippen LogP contribution is 2.34. The van der Waals surface area contributed by atoms with Gasteiger partial charge in [0.25, 0.3) is 0 Å². The molecule has 0 saturated carbocycles. The van der Waals surface area contributed by atoms with Crippen molar-refractivity contribution in [1.29, 1.82) is 0 Å². The molecule has 176 valence electrons. The summed E-state index contributed by atoms with van der Waals surface area (Å²) in [6, 6.07) is 2.51. The van der Waals surface area contributed by atoms with Crippen LogP contribution < -0.4 is 10.0 Å². The van der Waals surface area contributed by atoms with Crippen molar-refractivity contribution in [3.05, 3.63) is 40.9 Å². The Hall–Kier alpha value is -2.02. The van der Waals surface area contributed by atoms with Crippen LogP contribution in [0.5, 0.6) is 0 Å². The van der Waals surface area contributed by atoms with E-state index in [1.165, 1.54) is 30.7 Å². The maximum atomic E-state index is 13.2. The third-order valence-electron chi connectivity index (χ3n) is 5.12. The minimum absolute atomic E-state index is 0.303. The molecule has 1 unspecified atom stereocenters. The minimum atomic E-state index is -4.85. The molecule has 12 heteroatoms. The van der Waals surface area contributed by atoms with E-state index in [1.54, 1.807) is 0 Å². The monoisotopic (exact) mass is 490 g/mol. The Labute approximate surface area is 189 Å². The summed E-state index contributed by atoms with van der Waals surface area (Å²) in [5.41, 5.74) is -0.497. The molecule has 0 bridgehead atoms. The van der Waals surface area contributed by atoms with Gasteiger partial charge in [0.2, 0.25) is 15.9 Å². The Bertz CT molecular complexity index is 1060. The van der Waals surface area contributed by atoms with Gasteiger partial charge in [0.05, 0.1) is 22.2 Å². The van der Waals surface area contributed by atoms with E-state index >= 15 is 0 Å². The standard InChI is InChI=1S/C20H25F3N4O3S2/c1-13-6-5-9-27(10-13)11-15-12-31-19(24-15)25-18(28)14(2)26-32(29,30)17-8-4-3-7-16(17)20(21,22)23/h3-4,7-8,12-14,26H,5-6,9-11H2,1-2H3,(H,24,25,28)/t13?,14-/m0/s1. The first-order valence-electron chi connectivity index (χ1n) is 10.1. The van der Waals surface area contributed by atoms with Crippen molar-refractivity contribution in [3.63, 3.8) is 0 Å². The van der Waals surface area contributed by atoms with Crippen LogP contribution in [0.25, 0.3) is 0 Å². The summed E-state index contributed by atoms with van der Waals surface area (Å²) in [5.74, 6) is -0.0940. The second-order valence-electron chi connectivity index (χ2n) is 7.95. The number of nitrogens with one attached hydrogen (secondary N) is 2. The molecular weight excluding hydrogens is 465 g/mol. The van der Waals surface area contributed by atoms with E-state index in [0.717, 1.165) is 37.3 Å². The van der Waals surface area contributed by atoms with E-state index in [-0.39, 0.29) is 0 Å². The Morgan fingerprint density at radius 3 is 2.75 bits per heavy atom. The number of sulfonamides is 1. The van der Waals surface area contributed by atoms with Crippen LogP contribution in [-0.4, -0.2) is 43.3 Å². The fourth-order valence-electron chi connectivity index (χ4n) is 3.59. The quantitative estimate of drug-likeness (QED) is 0.618. The van der Waals surface area contributed by atoms with Crippen LogP contribution in [0.15, 0.2) is 34.5 Å². The zero-order valence-electron chi connectivity index (χ0n) is 17.6. The van der Waals surface area contributed by atoms with E-state index in [2.05, 4.69) is 22.1 Å². The van der Waals surface area contributed by atoms with E-state index in [1.807, 2.05) is 10.1 Å². The number of hydrogen-bond donors (Lipinski definition) is 2. The lowest BCUT2D eigenvalue weighted by atomic mass is 10.0. The van der Waals surface area contributed by atoms with Gasteiger partial charge >= 0.3 is 6.18 Å². The molecule has 1 aliphatic rings. The first-order valence-corrected chi connectivity index (χ1v) is 12.5. The molecule has 3 rings (SSSR count). The van der Waals surface area contributed by atoms with Crippen LogP contribution in [0.3, 0.4) is 0 Å². The molecule has 1 amide bonds. The molecule has 1 aromatic carbocycles. The number of piperidine rings is 1. The van der Waals surface area contributed by atoms with Crippen LogP contribution in [0, 0.1) is 5.92 Å². The number of nitrogens with zero attached hydrogens (tertiary/aromatic N) is 2. The maximum Gasteiger partial charge on any atom is 0.417 e. The molecule has 2 N–H and O–H groups in total. The van der Waals surface area contributed by atoms with Crippen LogP contribution in [0.1, 0.15) is 37.9 Å². The van der Waals surface area contributed by atoms with Crippen LogP contribution in [0.2, 0.25) is 0 Å². The molecule has 2 heterocycles. The molecule has 2 aromatic rings. The van der Waals surface area contributed by atoms with Crippen molar-refractivity contribution in [2.75, 3.05) is 18.4 Å². The predicted molar refractivity (Wildman–Crippen MR) is 116 cm³/mol. The summed E-state index contributed by atoms with van der Waals surface area (Å²) in [4.78, 5) is 18.2. The molecule has 2 atom stereocenters. The lowest BCUT2D eigenvalue weighted by Gasteiger charge is -2.30. The average molecular weight is 491 g/mol. The van der Waals surface area contributed by atoms with Crippen molar-refractivity contribution >= 4 is 32.4 Å². The van der Waals surface area contributed by atoms with E-state index in [9.17, 15) is 26.4 Å². The van der Waals surface area contributed by atoms with Crippen molar-refractivity contribution in [2.45, 2.75) is 50.3 Å². The largest absolute Gasteiger partial charge is 0.417 e. The molecule has 1 saturated heterocycles. The number of likely N-dealkylation sites (tertiary alicyclic amines) is 1. The molecule has 0 radical (unpaired) electrons. The number of thiazole rings is 1. The zero-order chi connectivity index (χ0) is 23.5. The fourth-order valence-corrected chi connectivity index (χ4v) is 5.73. The van der Waals surface area contributed by atoms with Gasteiger partial charge in [-0.3, -0.25) is 9.69 Å². The van der Waals surface area contributed by atoms with Gasteiger partial charge in [0, 0.05) is 18.5 Å². The van der Waals surface area contributed by atoms with Crippen molar-refractivity contribution in [1.82, 2.24) is 14.6 Å². The number of rotatable bonds is 7. The van der Waals surface area contributed by atoms with Gasteiger partial charge in [-0.1, -0.05) is 19.1 Å². The molecule has 0 aliphatic carbocycles. The molecule has 1 fully saturated rings. The Morgan fingerprint density at radius 2 is 2.06 bits per heavy atom. The Kier molecular flexibility index (Phi) is 7.58. The number of halogens is 3. The number of hydrogen-bond acceptors (Lipinski definition) is 6. The van der Waals surface area contributed by atoms with E-state index < -0.39 is 38.6 Å². The highest BCUT2D eigenvalue weighted by molar-refractivity contribution is 7.89. The van der Waals surface area contributed by atoms with E-state index in [0.29, 0.717) is 23.7 Å². The second-order valence-corrected chi connectivity index (χ2v) is 10.5. The summed E-state index contributed by atoms with van der Waals surface area (Å²) < 4.78 is 66.5. The lowest BCUT2D eigenvalue weighted by Crippen LogP contribution is -2.42. The molecule has 1 aromatic heterocycles. The molecule has 0 spiro atoms. The van der Waals surface area contributed by atoms with Gasteiger partial charge in [-0.15, -0.1) is 11.3 Å². The normalized spacial score (nSPS) is 19.0. The van der Waals surface area contributed by atoms with Crippen molar-refractivity contribution < 1.29 is 26.4 Å². The number of amides is 1. The minimum Gasteiger partial charge on any atom is -0.301 e. The van der Waals surface area contributed by atoms with E-state index in [4.69, 9.17) is 0 Å². The van der Waals surface area contributed by atoms with Crippen molar-refractivity contribution in [2.24, 2.45) is 5.92 Å². The summed E-state index contributed by atoms with van der Waals surface area (Å²) in [6.07, 6.45) is -2.51. The SMILES string of the molecule is CC1CCCN(Cc2csc(NC(=O)[C@H](C)NS(=O)(=O)c3ccccc3C(F)(F)F)n2)C1. The topological polar surface area (TPSA) is 91.4 Å². The number of anilines is 1. The lowest BCUT2D eigenvalue weighted by molar-refractivity contribution is -0.139. The Balaban J connectivity index is 1.63. The van der Waals surface area contributed by atoms with Crippen molar-refractivity contribution in [3.8, 4) is 0 Å². The summed E-state index contributed by atoms with van der Waals surface area (Å²) in [6.45, 7) is 6.09. The summed E-state index contributed by atoms with van der Waals surface area (Å²) in [7, 11) is -4.58. The first kappa shape index (κ1) is 24.6. The van der Waals surface area contributed by atoms with Gasteiger partial charge in [-0.05, 0) is 44.4 Å². The number of benzene rings is 1. The molecule has 1 aliphatic heterocycles. The average Bonchev–Trinajstić information content (AvgIpc) is 3.13. The van der Waals surface area contributed by atoms with Gasteiger partial charge < -0.3 is 5.32 Å². The summed E-state index contributed by atoms with van der Waals surface area (Å²) >= 11 is 1.21. The third-order valence-corrected chi connectivity index (χ3v) is 7.52. The van der Waals surface area contributed by atoms with Gasteiger partial charge in [0.15, 0.2) is 5.13 Å². The van der Waals surface area contributed by atoms with Crippen LogP contribution >= 0.6 is 11.3 Å². The summed E-state index contributed by atoms with van der Waals surface area (Å²) in [5, 5.41) is 4.65. The zero-order valence-corrected chi connectivity index (χ0v) is 19.3. The van der Waals surface area contributed by atoms with Gasteiger partial charge in [0.1, 0.15) is 0 Å². The Morgan fingerprint density at radius 1 is 1.34 bits per heavy atom. The second kappa shape index (κ2) is 9.86. The third kappa shape index (κ3) is 6.27. The molecular formula is C20H25F3N4O3S2. The maximum absolute atomic E-state index is 13.2. The van der Waals surface area contributed by atoms with Crippen LogP contribution in [0.4, 0.5) is 18.3 Å². The van der Waals surface area contributed by atoms with Crippen LogP contribution in [-0.2, 0) is 27.5 Å².